The summed E-state index contributed by atoms with van der Waals surface area (Å²) in [5, 5.41) is 2.53. The highest BCUT2D eigenvalue weighted by atomic mass is 32.1. The highest BCUT2D eigenvalue weighted by molar-refractivity contribution is 7.26. The average Bonchev–Trinajstić information content (AvgIpc) is 3.57. The first-order chi connectivity index (χ1) is 27.3. The zero-order chi connectivity index (χ0) is 38.8. The lowest BCUT2D eigenvalue weighted by molar-refractivity contribution is 0.695. The summed E-state index contributed by atoms with van der Waals surface area (Å²) >= 11 is 1.86. The van der Waals surface area contributed by atoms with Crippen LogP contribution >= 0.6 is 11.3 Å². The van der Waals surface area contributed by atoms with E-state index in [1.165, 1.54) is 59.4 Å². The molecule has 1 aliphatic carbocycles. The van der Waals surface area contributed by atoms with Gasteiger partial charge in [0.25, 0.3) is 0 Å². The van der Waals surface area contributed by atoms with Gasteiger partial charge in [0.05, 0.1) is 11.4 Å². The summed E-state index contributed by atoms with van der Waals surface area (Å²) in [6.07, 6.45) is 33.1. The highest BCUT2D eigenvalue weighted by Crippen LogP contribution is 2.46. The molecule has 0 amide bonds. The van der Waals surface area contributed by atoms with Gasteiger partial charge in [0.15, 0.2) is 0 Å². The van der Waals surface area contributed by atoms with E-state index < -0.39 is 0 Å². The smallest absolute Gasteiger partial charge is 0.0545 e. The zero-order valence-corrected chi connectivity index (χ0v) is 33.5. The topological polar surface area (TPSA) is 6.48 Å². The van der Waals surface area contributed by atoms with Crippen LogP contribution in [0.4, 0.5) is 11.4 Å². The molecule has 2 nitrogen and oxygen atoms in total. The lowest BCUT2D eigenvalue weighted by Gasteiger charge is -2.30. The molecule has 1 aromatic heterocycles. The minimum absolute atomic E-state index is 0.500. The van der Waals surface area contributed by atoms with E-state index in [1.54, 1.807) is 0 Å². The Labute approximate surface area is 336 Å². The number of thiophene rings is 1. The van der Waals surface area contributed by atoms with Crippen molar-refractivity contribution in [2.75, 3.05) is 9.80 Å². The number of anilines is 2. The molecule has 4 aromatic carbocycles. The van der Waals surface area contributed by atoms with E-state index in [9.17, 15) is 0 Å². The molecule has 1 atom stereocenters. The standard InChI is InChI=1S/C53H48N2S/c1-7-16-40-24-25-41(34-47(40)39(6)33-43(17-8-2)54-30-13-11-19-37(4)45-22-9-10-23-49(45)54)42-26-29-51-48(35-42)46-27-28-50-52(53(46)56-51)38(5)20-12-14-31-55(50)44-21-15-18-36(3)32-44/h8-15,17-31,33-36H,4-7,16,32H2,1-3H3/b17-8-,19-11-,20-12-,30-13-,31-14-,43-33+. The number of para-hydroxylation sites is 1. The maximum atomic E-state index is 4.70. The molecule has 0 saturated heterocycles. The van der Waals surface area contributed by atoms with Crippen LogP contribution in [-0.2, 0) is 6.42 Å². The first-order valence-corrected chi connectivity index (χ1v) is 20.5. The van der Waals surface area contributed by atoms with E-state index in [0.29, 0.717) is 5.92 Å². The van der Waals surface area contributed by atoms with Crippen molar-refractivity contribution in [1.29, 1.82) is 0 Å². The number of nitrogens with zero attached hydrogens (tertiary/aromatic N) is 2. The van der Waals surface area contributed by atoms with Gasteiger partial charge in [0.1, 0.15) is 0 Å². The van der Waals surface area contributed by atoms with Crippen LogP contribution in [-0.4, -0.2) is 0 Å². The van der Waals surface area contributed by atoms with Gasteiger partial charge >= 0.3 is 0 Å². The lowest BCUT2D eigenvalue weighted by Crippen LogP contribution is -2.20. The number of hydrogen-bond acceptors (Lipinski definition) is 3. The predicted octanol–water partition coefficient (Wildman–Crippen LogP) is 15.1. The second-order valence-corrected chi connectivity index (χ2v) is 15.9. The van der Waals surface area contributed by atoms with Crippen LogP contribution in [0.15, 0.2) is 189 Å². The molecular weight excluding hydrogens is 697 g/mol. The Morgan fingerprint density at radius 2 is 1.62 bits per heavy atom. The Morgan fingerprint density at radius 1 is 0.839 bits per heavy atom. The normalized spacial score (nSPS) is 19.2. The SMILES string of the molecule is C=C(/C=C(\C=C/C)N1/C=C\C=C/C(=C)c2ccccc21)c1cc(-c2ccc3sc4c5c(ccc4c3c2)N(C2=CC=CC(C)C2)/C=C\C=C/C5=C)ccc1CCC. The number of hydrogen-bond donors (Lipinski definition) is 0. The molecule has 1 unspecified atom stereocenters. The molecular formula is C53H48N2S. The van der Waals surface area contributed by atoms with Crippen molar-refractivity contribution in [3.8, 4) is 11.1 Å². The molecule has 5 aromatic rings. The molecule has 0 fully saturated rings. The Hall–Kier alpha value is -6.16. The second-order valence-electron chi connectivity index (χ2n) is 14.8. The summed E-state index contributed by atoms with van der Waals surface area (Å²) in [5.74, 6) is 0.500. The predicted molar refractivity (Wildman–Crippen MR) is 248 cm³/mol. The van der Waals surface area contributed by atoms with Gasteiger partial charge in [0.2, 0.25) is 0 Å². The van der Waals surface area contributed by atoms with Crippen molar-refractivity contribution >= 4 is 59.6 Å². The van der Waals surface area contributed by atoms with Crippen molar-refractivity contribution in [3.63, 3.8) is 0 Å². The minimum Gasteiger partial charge on any atom is -0.320 e. The van der Waals surface area contributed by atoms with Crippen LogP contribution in [0.5, 0.6) is 0 Å². The third kappa shape index (κ3) is 7.07. The summed E-state index contributed by atoms with van der Waals surface area (Å²) < 4.78 is 2.55. The molecule has 0 N–H and O–H groups in total. The quantitative estimate of drug-likeness (QED) is 0.146. The molecule has 3 heterocycles. The van der Waals surface area contributed by atoms with Crippen molar-refractivity contribution < 1.29 is 0 Å². The molecule has 0 bridgehead atoms. The maximum Gasteiger partial charge on any atom is 0.0545 e. The Bertz CT molecular complexity index is 2660. The molecule has 0 saturated carbocycles. The summed E-state index contributed by atoms with van der Waals surface area (Å²) in [6.45, 7) is 20.2. The van der Waals surface area contributed by atoms with E-state index in [4.69, 9.17) is 6.58 Å². The van der Waals surface area contributed by atoms with Crippen LogP contribution in [0.3, 0.4) is 0 Å². The molecule has 3 heteroatoms. The van der Waals surface area contributed by atoms with Crippen LogP contribution in [0, 0.1) is 5.92 Å². The van der Waals surface area contributed by atoms with Gasteiger partial charge in [-0.05, 0) is 125 Å². The average molecular weight is 745 g/mol. The van der Waals surface area contributed by atoms with Crippen molar-refractivity contribution in [3.05, 3.63) is 211 Å². The van der Waals surface area contributed by atoms with Crippen LogP contribution in [0.2, 0.25) is 0 Å². The molecule has 0 spiro atoms. The Balaban J connectivity index is 1.21. The van der Waals surface area contributed by atoms with Crippen molar-refractivity contribution in [2.45, 2.75) is 40.0 Å². The van der Waals surface area contributed by atoms with Gasteiger partial charge in [-0.25, -0.2) is 0 Å². The fraction of sp³-hybridized carbons (Fsp3) is 0.132. The monoisotopic (exact) mass is 744 g/mol. The van der Waals surface area contributed by atoms with E-state index in [2.05, 4.69) is 196 Å². The summed E-state index contributed by atoms with van der Waals surface area (Å²) in [6, 6.07) is 26.9. The molecule has 56 heavy (non-hydrogen) atoms. The highest BCUT2D eigenvalue weighted by Gasteiger charge is 2.23. The molecule has 3 aliphatic rings. The van der Waals surface area contributed by atoms with E-state index in [1.807, 2.05) is 17.4 Å². The Morgan fingerprint density at radius 3 is 2.45 bits per heavy atom. The zero-order valence-electron chi connectivity index (χ0n) is 32.6. The minimum atomic E-state index is 0.500. The van der Waals surface area contributed by atoms with Crippen LogP contribution < -0.4 is 9.80 Å². The van der Waals surface area contributed by atoms with Crippen molar-refractivity contribution in [1.82, 2.24) is 0 Å². The third-order valence-corrected chi connectivity index (χ3v) is 12.0. The fourth-order valence-corrected chi connectivity index (χ4v) is 9.33. The molecule has 276 valence electrons. The Kier molecular flexibility index (Phi) is 10.4. The number of fused-ring (bicyclic) bond motifs is 6. The van der Waals surface area contributed by atoms with E-state index in [0.717, 1.165) is 52.9 Å². The summed E-state index contributed by atoms with van der Waals surface area (Å²) in [4.78, 5) is 4.60. The fourth-order valence-electron chi connectivity index (χ4n) is 8.07. The number of aryl methyl sites for hydroxylation is 1. The molecule has 2 aliphatic heterocycles. The third-order valence-electron chi connectivity index (χ3n) is 10.8. The van der Waals surface area contributed by atoms with E-state index in [-0.39, 0.29) is 0 Å². The van der Waals surface area contributed by atoms with Gasteiger partial charge in [-0.3, -0.25) is 0 Å². The molecule has 0 radical (unpaired) electrons. The van der Waals surface area contributed by atoms with Gasteiger partial charge in [-0.2, -0.15) is 0 Å². The second kappa shape index (κ2) is 15.9. The van der Waals surface area contributed by atoms with Gasteiger partial charge in [0, 0.05) is 55.1 Å². The lowest BCUT2D eigenvalue weighted by atomic mass is 9.92. The number of benzene rings is 4. The van der Waals surface area contributed by atoms with Gasteiger partial charge in [-0.1, -0.05) is 125 Å². The largest absolute Gasteiger partial charge is 0.320 e. The van der Waals surface area contributed by atoms with Gasteiger partial charge in [-0.15, -0.1) is 11.3 Å². The summed E-state index contributed by atoms with van der Waals surface area (Å²) in [5.41, 5.74) is 14.8. The maximum absolute atomic E-state index is 4.70. The first-order valence-electron chi connectivity index (χ1n) is 19.6. The first kappa shape index (κ1) is 36.8. The van der Waals surface area contributed by atoms with Crippen molar-refractivity contribution in [2.24, 2.45) is 5.92 Å². The summed E-state index contributed by atoms with van der Waals surface area (Å²) in [7, 11) is 0. The van der Waals surface area contributed by atoms with E-state index >= 15 is 0 Å². The van der Waals surface area contributed by atoms with Gasteiger partial charge < -0.3 is 9.80 Å². The van der Waals surface area contributed by atoms with Crippen LogP contribution in [0.1, 0.15) is 55.9 Å². The number of allylic oxidation sites excluding steroid dienone is 16. The number of rotatable bonds is 8. The molecule has 8 rings (SSSR count). The van der Waals surface area contributed by atoms with Crippen LogP contribution in [0.25, 0.3) is 48.0 Å².